The molecule has 2 rings (SSSR count). The maximum atomic E-state index is 12.6. The molecule has 1 aromatic carbocycles. The van der Waals surface area contributed by atoms with Crippen LogP contribution >= 0.6 is 0 Å². The zero-order chi connectivity index (χ0) is 16.5. The SMILES string of the molecule is COC(=O)c1cc(B(O)O)cn1S(=O)(=O)c1ccc(C)cc1. The van der Waals surface area contributed by atoms with Gasteiger partial charge in [-0.3, -0.25) is 0 Å². The summed E-state index contributed by atoms with van der Waals surface area (Å²) in [6.07, 6.45) is 0.978. The molecule has 0 aliphatic heterocycles. The van der Waals surface area contributed by atoms with Gasteiger partial charge in [0, 0.05) is 11.7 Å². The Morgan fingerprint density at radius 3 is 2.32 bits per heavy atom. The van der Waals surface area contributed by atoms with E-state index in [1.165, 1.54) is 12.1 Å². The van der Waals surface area contributed by atoms with Crippen molar-refractivity contribution in [2.24, 2.45) is 0 Å². The van der Waals surface area contributed by atoms with Crippen LogP contribution in [0.5, 0.6) is 0 Å². The van der Waals surface area contributed by atoms with Crippen molar-refractivity contribution in [2.75, 3.05) is 7.11 Å². The minimum atomic E-state index is -4.06. The quantitative estimate of drug-likeness (QED) is 0.580. The van der Waals surface area contributed by atoms with Crippen molar-refractivity contribution in [3.05, 3.63) is 47.8 Å². The Labute approximate surface area is 128 Å². The summed E-state index contributed by atoms with van der Waals surface area (Å²) in [5.41, 5.74) is 0.438. The van der Waals surface area contributed by atoms with Crippen molar-refractivity contribution in [2.45, 2.75) is 11.8 Å². The van der Waals surface area contributed by atoms with Crippen LogP contribution in [0, 0.1) is 6.92 Å². The summed E-state index contributed by atoms with van der Waals surface area (Å²) in [4.78, 5) is 11.7. The lowest BCUT2D eigenvalue weighted by Gasteiger charge is -2.09. The molecule has 0 radical (unpaired) electrons. The van der Waals surface area contributed by atoms with Crippen LogP contribution in [0.3, 0.4) is 0 Å². The van der Waals surface area contributed by atoms with Crippen molar-refractivity contribution in [1.82, 2.24) is 3.97 Å². The van der Waals surface area contributed by atoms with Gasteiger partial charge in [-0.15, -0.1) is 0 Å². The molecule has 7 nitrogen and oxygen atoms in total. The molecule has 0 amide bonds. The van der Waals surface area contributed by atoms with E-state index in [0.717, 1.165) is 24.9 Å². The lowest BCUT2D eigenvalue weighted by molar-refractivity contribution is 0.0593. The second-order valence-electron chi connectivity index (χ2n) is 4.64. The number of aromatic nitrogens is 1. The number of methoxy groups -OCH3 is 1. The molecule has 0 saturated heterocycles. The number of nitrogens with zero attached hydrogens (tertiary/aromatic N) is 1. The molecular formula is C13H14BNO6S. The third-order valence-electron chi connectivity index (χ3n) is 3.08. The van der Waals surface area contributed by atoms with E-state index in [1.807, 2.05) is 6.92 Å². The van der Waals surface area contributed by atoms with E-state index in [2.05, 4.69) is 4.74 Å². The first-order valence-electron chi connectivity index (χ1n) is 6.26. The van der Waals surface area contributed by atoms with Crippen LogP contribution in [-0.4, -0.2) is 42.6 Å². The predicted molar refractivity (Wildman–Crippen MR) is 79.4 cm³/mol. The van der Waals surface area contributed by atoms with Gasteiger partial charge in [0.05, 0.1) is 12.0 Å². The maximum absolute atomic E-state index is 12.6. The molecule has 0 aliphatic rings. The first-order chi connectivity index (χ1) is 10.3. The Kier molecular flexibility index (Phi) is 4.41. The monoisotopic (exact) mass is 323 g/mol. The molecule has 0 unspecified atom stereocenters. The van der Waals surface area contributed by atoms with Gasteiger partial charge < -0.3 is 14.8 Å². The lowest BCUT2D eigenvalue weighted by atomic mass is 9.82. The molecule has 0 spiro atoms. The van der Waals surface area contributed by atoms with Gasteiger partial charge in [0.2, 0.25) is 0 Å². The Hall–Kier alpha value is -2.10. The second kappa shape index (κ2) is 5.95. The molecule has 0 atom stereocenters. The van der Waals surface area contributed by atoms with E-state index in [9.17, 15) is 23.3 Å². The standard InChI is InChI=1S/C13H14BNO6S/c1-9-3-5-11(6-4-9)22(19,20)15-8-10(14(17)18)7-12(15)13(16)21-2/h3-8,17-18H,1-2H3. The van der Waals surface area contributed by atoms with Gasteiger partial charge in [0.15, 0.2) is 0 Å². The number of carbonyl (C=O) groups excluding carboxylic acids is 1. The molecule has 1 heterocycles. The molecule has 0 fully saturated rings. The maximum Gasteiger partial charge on any atom is 0.490 e. The van der Waals surface area contributed by atoms with Crippen LogP contribution in [0.4, 0.5) is 0 Å². The minimum Gasteiger partial charge on any atom is -0.464 e. The Morgan fingerprint density at radius 2 is 1.82 bits per heavy atom. The lowest BCUT2D eigenvalue weighted by Crippen LogP contribution is -2.28. The van der Waals surface area contributed by atoms with Gasteiger partial charge in [0.25, 0.3) is 10.0 Å². The summed E-state index contributed by atoms with van der Waals surface area (Å²) in [7, 11) is -4.86. The van der Waals surface area contributed by atoms with Crippen LogP contribution in [-0.2, 0) is 14.8 Å². The fourth-order valence-corrected chi connectivity index (χ4v) is 3.23. The topological polar surface area (TPSA) is 106 Å². The van der Waals surface area contributed by atoms with Crippen molar-refractivity contribution >= 4 is 28.6 Å². The highest BCUT2D eigenvalue weighted by molar-refractivity contribution is 7.90. The summed E-state index contributed by atoms with van der Waals surface area (Å²) in [5.74, 6) is -0.900. The average Bonchev–Trinajstić information content (AvgIpc) is 2.93. The molecule has 2 aromatic rings. The zero-order valence-electron chi connectivity index (χ0n) is 11.9. The minimum absolute atomic E-state index is 0.0298. The van der Waals surface area contributed by atoms with E-state index in [-0.39, 0.29) is 16.1 Å². The zero-order valence-corrected chi connectivity index (χ0v) is 12.7. The van der Waals surface area contributed by atoms with Crippen LogP contribution < -0.4 is 5.46 Å². The molecular weight excluding hydrogens is 309 g/mol. The van der Waals surface area contributed by atoms with Gasteiger partial charge in [-0.1, -0.05) is 17.7 Å². The summed E-state index contributed by atoms with van der Waals surface area (Å²) in [5, 5.41) is 18.4. The molecule has 1 aromatic heterocycles. The number of carbonyl (C=O) groups is 1. The Morgan fingerprint density at radius 1 is 1.23 bits per heavy atom. The number of benzene rings is 1. The molecule has 9 heteroatoms. The summed E-state index contributed by atoms with van der Waals surface area (Å²) in [6.45, 7) is 1.81. The van der Waals surface area contributed by atoms with Gasteiger partial charge in [-0.05, 0) is 25.1 Å². The summed E-state index contributed by atoms with van der Waals surface area (Å²) < 4.78 is 30.4. The molecule has 0 saturated carbocycles. The molecule has 2 N–H and O–H groups in total. The van der Waals surface area contributed by atoms with E-state index >= 15 is 0 Å². The van der Waals surface area contributed by atoms with E-state index < -0.39 is 23.1 Å². The predicted octanol–water partition coefficient (Wildman–Crippen LogP) is -0.500. The Balaban J connectivity index is 2.63. The highest BCUT2D eigenvalue weighted by Gasteiger charge is 2.27. The van der Waals surface area contributed by atoms with Crippen LogP contribution in [0.15, 0.2) is 41.4 Å². The number of aryl methyl sites for hydroxylation is 1. The van der Waals surface area contributed by atoms with Gasteiger partial charge in [-0.2, -0.15) is 0 Å². The number of esters is 1. The first kappa shape index (κ1) is 16.3. The third-order valence-corrected chi connectivity index (χ3v) is 4.77. The first-order valence-corrected chi connectivity index (χ1v) is 7.70. The van der Waals surface area contributed by atoms with Crippen LogP contribution in [0.25, 0.3) is 0 Å². The van der Waals surface area contributed by atoms with Crippen molar-refractivity contribution in [1.29, 1.82) is 0 Å². The average molecular weight is 323 g/mol. The van der Waals surface area contributed by atoms with Gasteiger partial charge in [-0.25, -0.2) is 17.2 Å². The van der Waals surface area contributed by atoms with Crippen LogP contribution in [0.2, 0.25) is 0 Å². The fourth-order valence-electron chi connectivity index (χ4n) is 1.88. The largest absolute Gasteiger partial charge is 0.490 e. The summed E-state index contributed by atoms with van der Waals surface area (Å²) in [6, 6.07) is 7.11. The Bertz CT molecular complexity index is 794. The van der Waals surface area contributed by atoms with Crippen LogP contribution in [0.1, 0.15) is 16.1 Å². The normalized spacial score (nSPS) is 11.3. The number of rotatable bonds is 4. The van der Waals surface area contributed by atoms with E-state index in [0.29, 0.717) is 3.97 Å². The molecule has 116 valence electrons. The number of ether oxygens (including phenoxy) is 1. The van der Waals surface area contributed by atoms with Crippen molar-refractivity contribution in [3.8, 4) is 0 Å². The molecule has 22 heavy (non-hydrogen) atoms. The second-order valence-corrected chi connectivity index (χ2v) is 6.45. The van der Waals surface area contributed by atoms with Crippen molar-refractivity contribution < 1.29 is 28.0 Å². The van der Waals surface area contributed by atoms with Gasteiger partial charge >= 0.3 is 13.1 Å². The molecule has 0 bridgehead atoms. The highest BCUT2D eigenvalue weighted by atomic mass is 32.2. The number of hydrogen-bond acceptors (Lipinski definition) is 6. The van der Waals surface area contributed by atoms with E-state index in [1.54, 1.807) is 12.1 Å². The molecule has 0 aliphatic carbocycles. The number of hydrogen-bond donors (Lipinski definition) is 2. The third kappa shape index (κ3) is 2.91. The highest BCUT2D eigenvalue weighted by Crippen LogP contribution is 2.17. The fraction of sp³-hybridized carbons (Fsp3) is 0.154. The van der Waals surface area contributed by atoms with Gasteiger partial charge in [0.1, 0.15) is 5.69 Å². The van der Waals surface area contributed by atoms with E-state index in [4.69, 9.17) is 0 Å². The smallest absolute Gasteiger partial charge is 0.464 e. The summed E-state index contributed by atoms with van der Waals surface area (Å²) >= 11 is 0. The van der Waals surface area contributed by atoms with Crippen molar-refractivity contribution in [3.63, 3.8) is 0 Å².